The lowest BCUT2D eigenvalue weighted by Crippen LogP contribution is -2.15. The van der Waals surface area contributed by atoms with Crippen LogP contribution in [0.1, 0.15) is 17.0 Å². The predicted molar refractivity (Wildman–Crippen MR) is 86.9 cm³/mol. The molecule has 1 aromatic heterocycles. The number of benzene rings is 2. The highest BCUT2D eigenvalue weighted by Crippen LogP contribution is 2.35. The molecule has 0 unspecified atom stereocenters. The highest BCUT2D eigenvalue weighted by Gasteiger charge is 2.25. The molecule has 0 aliphatic carbocycles. The molecule has 0 aliphatic heterocycles. The van der Waals surface area contributed by atoms with Gasteiger partial charge in [0.25, 0.3) is 0 Å². The molecule has 0 saturated carbocycles. The molecule has 1 heterocycles. The average Bonchev–Trinajstić information content (AvgIpc) is 2.86. The van der Waals surface area contributed by atoms with Crippen molar-refractivity contribution < 1.29 is 4.79 Å². The molecule has 2 nitrogen and oxygen atoms in total. The molecule has 2 atom stereocenters. The van der Waals surface area contributed by atoms with Gasteiger partial charge in [-0.3, -0.25) is 0 Å². The molecule has 0 aliphatic rings. The Labute approximate surface area is 129 Å². The molecule has 0 amide bonds. The first-order valence-electron chi connectivity index (χ1n) is 6.90. The first-order valence-corrected chi connectivity index (χ1v) is 7.34. The minimum Gasteiger partial charge on any atom is -0.350 e. The maximum absolute atomic E-state index is 11.3. The van der Waals surface area contributed by atoms with Crippen LogP contribution in [0.4, 0.5) is 0 Å². The predicted octanol–water partition coefficient (Wildman–Crippen LogP) is 4.12. The van der Waals surface area contributed by atoms with Crippen molar-refractivity contribution in [2.75, 3.05) is 0 Å². The fraction of sp³-hybridized carbons (Fsp3) is 0.167. The molecule has 0 N–H and O–H groups in total. The molecule has 3 aromatic rings. The minimum absolute atomic E-state index is 0.142. The van der Waals surface area contributed by atoms with Gasteiger partial charge >= 0.3 is 0 Å². The number of aryl methyl sites for hydroxylation is 1. The molecule has 0 saturated heterocycles. The third kappa shape index (κ3) is 2.47. The van der Waals surface area contributed by atoms with Gasteiger partial charge in [0.15, 0.2) is 0 Å². The summed E-state index contributed by atoms with van der Waals surface area (Å²) in [6.45, 7) is 0. The van der Waals surface area contributed by atoms with Gasteiger partial charge in [-0.15, -0.1) is 11.6 Å². The van der Waals surface area contributed by atoms with E-state index in [0.717, 1.165) is 28.3 Å². The molecule has 0 radical (unpaired) electrons. The zero-order valence-corrected chi connectivity index (χ0v) is 12.5. The largest absolute Gasteiger partial charge is 0.350 e. The van der Waals surface area contributed by atoms with Crippen LogP contribution in [0.15, 0.2) is 60.8 Å². The topological polar surface area (TPSA) is 22.0 Å². The van der Waals surface area contributed by atoms with Crippen LogP contribution in [-0.2, 0) is 11.8 Å². The highest BCUT2D eigenvalue weighted by molar-refractivity contribution is 6.28. The molecular weight excluding hydrogens is 282 g/mol. The number of aromatic nitrogens is 1. The van der Waals surface area contributed by atoms with Gasteiger partial charge in [0.05, 0.1) is 5.38 Å². The van der Waals surface area contributed by atoms with E-state index in [-0.39, 0.29) is 5.92 Å². The van der Waals surface area contributed by atoms with Crippen molar-refractivity contribution in [3.05, 3.63) is 71.9 Å². The molecule has 3 heteroatoms. The summed E-state index contributed by atoms with van der Waals surface area (Å²) in [6.07, 6.45) is 2.89. The number of hydrogen-bond acceptors (Lipinski definition) is 1. The number of aldehydes is 1. The summed E-state index contributed by atoms with van der Waals surface area (Å²) in [4.78, 5) is 11.3. The number of rotatable bonds is 4. The number of carbonyl (C=O) groups is 1. The molecule has 3 rings (SSSR count). The van der Waals surface area contributed by atoms with Gasteiger partial charge in [0.2, 0.25) is 0 Å². The van der Waals surface area contributed by atoms with Crippen LogP contribution in [0.25, 0.3) is 10.9 Å². The molecular formula is C18H16ClNO. The van der Waals surface area contributed by atoms with Crippen molar-refractivity contribution in [3.8, 4) is 0 Å². The fourth-order valence-corrected chi connectivity index (χ4v) is 3.18. The minimum atomic E-state index is -0.585. The van der Waals surface area contributed by atoms with Crippen LogP contribution in [0.5, 0.6) is 0 Å². The normalized spacial score (nSPS) is 14.0. The van der Waals surface area contributed by atoms with Crippen LogP contribution < -0.4 is 0 Å². The van der Waals surface area contributed by atoms with Crippen molar-refractivity contribution in [2.45, 2.75) is 11.3 Å². The second kappa shape index (κ2) is 5.74. The average molecular weight is 298 g/mol. The van der Waals surface area contributed by atoms with E-state index in [2.05, 4.69) is 22.9 Å². The number of fused-ring (bicyclic) bond motifs is 1. The maximum Gasteiger partial charge on any atom is 0.138 e. The SMILES string of the molecule is Cn1cc([C@H](c2ccccc2)[C@@H](Cl)C=O)c2ccccc21. The van der Waals surface area contributed by atoms with Crippen LogP contribution in [0, 0.1) is 0 Å². The quantitative estimate of drug-likeness (QED) is 0.524. The van der Waals surface area contributed by atoms with E-state index in [0.29, 0.717) is 0 Å². The van der Waals surface area contributed by atoms with Crippen molar-refractivity contribution in [1.29, 1.82) is 0 Å². The lowest BCUT2D eigenvalue weighted by atomic mass is 9.88. The Kier molecular flexibility index (Phi) is 3.80. The van der Waals surface area contributed by atoms with Crippen LogP contribution in [0.3, 0.4) is 0 Å². The molecule has 0 bridgehead atoms. The third-order valence-corrected chi connectivity index (χ3v) is 4.22. The van der Waals surface area contributed by atoms with Crippen LogP contribution in [0.2, 0.25) is 0 Å². The summed E-state index contributed by atoms with van der Waals surface area (Å²) in [7, 11) is 2.01. The lowest BCUT2D eigenvalue weighted by Gasteiger charge is -2.18. The summed E-state index contributed by atoms with van der Waals surface area (Å²) in [5.74, 6) is -0.142. The second-order valence-corrected chi connectivity index (χ2v) is 5.69. The van der Waals surface area contributed by atoms with Crippen LogP contribution >= 0.6 is 11.6 Å². The monoisotopic (exact) mass is 297 g/mol. The Morgan fingerprint density at radius 2 is 1.71 bits per heavy atom. The standard InChI is InChI=1S/C18H16ClNO/c1-20-11-15(14-9-5-6-10-17(14)20)18(16(19)12-21)13-7-3-2-4-8-13/h2-12,16,18H,1H3/t16-,18-/m0/s1. The van der Waals surface area contributed by atoms with Gasteiger partial charge in [-0.25, -0.2) is 0 Å². The highest BCUT2D eigenvalue weighted by atomic mass is 35.5. The van der Waals surface area contributed by atoms with E-state index in [4.69, 9.17) is 11.6 Å². The van der Waals surface area contributed by atoms with E-state index in [1.54, 1.807) is 0 Å². The van der Waals surface area contributed by atoms with Crippen molar-refractivity contribution in [3.63, 3.8) is 0 Å². The van der Waals surface area contributed by atoms with Gasteiger partial charge in [0.1, 0.15) is 6.29 Å². The van der Waals surface area contributed by atoms with Gasteiger partial charge in [-0.1, -0.05) is 48.5 Å². The van der Waals surface area contributed by atoms with Gasteiger partial charge in [-0.2, -0.15) is 0 Å². The smallest absolute Gasteiger partial charge is 0.138 e. The molecule has 0 spiro atoms. The van der Waals surface area contributed by atoms with Gasteiger partial charge in [0, 0.05) is 30.1 Å². The van der Waals surface area contributed by atoms with Crippen molar-refractivity contribution in [1.82, 2.24) is 4.57 Å². The zero-order valence-electron chi connectivity index (χ0n) is 11.7. The molecule has 106 valence electrons. The Morgan fingerprint density at radius 3 is 2.43 bits per heavy atom. The first kappa shape index (κ1) is 13.9. The maximum atomic E-state index is 11.3. The summed E-state index contributed by atoms with van der Waals surface area (Å²) in [5, 5.41) is 0.555. The number of para-hydroxylation sites is 1. The molecule has 0 fully saturated rings. The number of halogens is 1. The number of nitrogens with zero attached hydrogens (tertiary/aromatic N) is 1. The third-order valence-electron chi connectivity index (χ3n) is 3.87. The van der Waals surface area contributed by atoms with E-state index in [1.165, 1.54) is 0 Å². The lowest BCUT2D eigenvalue weighted by molar-refractivity contribution is -0.107. The first-order chi connectivity index (χ1) is 10.2. The van der Waals surface area contributed by atoms with Crippen molar-refractivity contribution in [2.24, 2.45) is 7.05 Å². The van der Waals surface area contributed by atoms with Gasteiger partial charge < -0.3 is 9.36 Å². The van der Waals surface area contributed by atoms with E-state index < -0.39 is 5.38 Å². The number of alkyl halides is 1. The van der Waals surface area contributed by atoms with E-state index >= 15 is 0 Å². The van der Waals surface area contributed by atoms with E-state index in [9.17, 15) is 4.79 Å². The Hall–Kier alpha value is -2.06. The summed E-state index contributed by atoms with van der Waals surface area (Å²) < 4.78 is 2.08. The number of carbonyl (C=O) groups excluding carboxylic acids is 1. The second-order valence-electron chi connectivity index (χ2n) is 5.18. The van der Waals surface area contributed by atoms with E-state index in [1.807, 2.05) is 49.5 Å². The summed E-state index contributed by atoms with van der Waals surface area (Å²) in [6, 6.07) is 18.1. The van der Waals surface area contributed by atoms with Gasteiger partial charge in [-0.05, 0) is 17.2 Å². The summed E-state index contributed by atoms with van der Waals surface area (Å²) in [5.41, 5.74) is 3.29. The number of hydrogen-bond donors (Lipinski definition) is 0. The molecule has 21 heavy (non-hydrogen) atoms. The fourth-order valence-electron chi connectivity index (χ4n) is 2.89. The Bertz CT molecular complexity index is 763. The Morgan fingerprint density at radius 1 is 1.05 bits per heavy atom. The Balaban J connectivity index is 2.22. The summed E-state index contributed by atoms with van der Waals surface area (Å²) >= 11 is 6.33. The van der Waals surface area contributed by atoms with Crippen molar-refractivity contribution >= 4 is 28.8 Å². The zero-order chi connectivity index (χ0) is 14.8. The van der Waals surface area contributed by atoms with Crippen LogP contribution in [-0.4, -0.2) is 16.2 Å². The molecule has 2 aromatic carbocycles.